The van der Waals surface area contributed by atoms with Crippen molar-refractivity contribution in [1.82, 2.24) is 14.9 Å². The summed E-state index contributed by atoms with van der Waals surface area (Å²) in [5.74, 6) is -2.89. The molecule has 0 aromatic carbocycles. The van der Waals surface area contributed by atoms with Gasteiger partial charge in [0.15, 0.2) is 0 Å². The molecule has 2 heterocycles. The summed E-state index contributed by atoms with van der Waals surface area (Å²) in [6, 6.07) is 0. The van der Waals surface area contributed by atoms with Gasteiger partial charge in [0.2, 0.25) is 5.82 Å². The minimum Gasteiger partial charge on any atom is -0.475 e. The van der Waals surface area contributed by atoms with Crippen molar-refractivity contribution < 1.29 is 19.5 Å². The zero-order valence-electron chi connectivity index (χ0n) is 8.30. The summed E-state index contributed by atoms with van der Waals surface area (Å²) in [7, 11) is 0. The highest BCUT2D eigenvalue weighted by Crippen LogP contribution is 2.19. The molecule has 2 rings (SSSR count). The van der Waals surface area contributed by atoms with Gasteiger partial charge in [0.25, 0.3) is 11.8 Å². The number of carbonyl (C=O) groups is 3. The molecule has 0 radical (unpaired) electrons. The molecule has 0 atom stereocenters. The van der Waals surface area contributed by atoms with Crippen molar-refractivity contribution in [2.45, 2.75) is 6.92 Å². The molecule has 1 aliphatic heterocycles. The van der Waals surface area contributed by atoms with E-state index in [0.717, 1.165) is 11.1 Å². The molecule has 82 valence electrons. The lowest BCUT2D eigenvalue weighted by Crippen LogP contribution is -2.29. The second kappa shape index (κ2) is 3.37. The number of hydrogen-bond acceptors (Lipinski definition) is 5. The highest BCUT2D eigenvalue weighted by molar-refractivity contribution is 6.20. The first kappa shape index (κ1) is 10.2. The molecule has 1 aliphatic rings. The van der Waals surface area contributed by atoms with E-state index in [1.807, 2.05) is 0 Å². The fraction of sp³-hybridized carbons (Fsp3) is 0.222. The number of hydrogen-bond donors (Lipinski definition) is 1. The van der Waals surface area contributed by atoms with E-state index in [-0.39, 0.29) is 17.8 Å². The first-order valence-electron chi connectivity index (χ1n) is 4.52. The van der Waals surface area contributed by atoms with Crippen molar-refractivity contribution in [3.8, 4) is 0 Å². The first-order chi connectivity index (χ1) is 7.56. The Bertz CT molecular complexity index is 511. The molecule has 0 saturated heterocycles. The number of carbonyl (C=O) groups excluding carboxylic acids is 2. The molecule has 2 amide bonds. The van der Waals surface area contributed by atoms with Crippen molar-refractivity contribution in [3.05, 3.63) is 23.3 Å². The summed E-state index contributed by atoms with van der Waals surface area (Å²) in [5, 5.41) is 8.66. The Morgan fingerprint density at radius 3 is 2.69 bits per heavy atom. The second-order valence-corrected chi connectivity index (χ2v) is 3.12. The van der Waals surface area contributed by atoms with Crippen LogP contribution in [0, 0.1) is 0 Å². The van der Waals surface area contributed by atoms with Crippen molar-refractivity contribution in [2.75, 3.05) is 6.54 Å². The Morgan fingerprint density at radius 2 is 2.12 bits per heavy atom. The van der Waals surface area contributed by atoms with Crippen molar-refractivity contribution in [2.24, 2.45) is 0 Å². The molecule has 0 aliphatic carbocycles. The molecule has 7 nitrogen and oxygen atoms in total. The molecule has 0 unspecified atom stereocenters. The molecule has 1 aromatic rings. The Balaban J connectivity index is 2.56. The third-order valence-electron chi connectivity index (χ3n) is 2.22. The summed E-state index contributed by atoms with van der Waals surface area (Å²) in [5.41, 5.74) is -0.0869. The number of aromatic nitrogens is 2. The average molecular weight is 221 g/mol. The highest BCUT2D eigenvalue weighted by atomic mass is 16.4. The van der Waals surface area contributed by atoms with Gasteiger partial charge in [-0.15, -0.1) is 0 Å². The molecule has 0 fully saturated rings. The number of amides is 2. The van der Waals surface area contributed by atoms with Gasteiger partial charge in [-0.3, -0.25) is 14.5 Å². The largest absolute Gasteiger partial charge is 0.475 e. The summed E-state index contributed by atoms with van der Waals surface area (Å²) >= 11 is 0. The van der Waals surface area contributed by atoms with Gasteiger partial charge in [0, 0.05) is 12.7 Å². The van der Waals surface area contributed by atoms with Crippen LogP contribution in [0.4, 0.5) is 0 Å². The molecule has 0 saturated carbocycles. The minimum absolute atomic E-state index is 0.0526. The number of imide groups is 1. The number of carboxylic acid groups (broad SMARTS) is 1. The van der Waals surface area contributed by atoms with Crippen LogP contribution in [0.3, 0.4) is 0 Å². The zero-order chi connectivity index (χ0) is 11.9. The fourth-order valence-electron chi connectivity index (χ4n) is 1.46. The van der Waals surface area contributed by atoms with Gasteiger partial charge in [-0.1, -0.05) is 0 Å². The third-order valence-corrected chi connectivity index (χ3v) is 2.22. The maximum atomic E-state index is 11.6. The Hall–Kier alpha value is -2.31. The highest BCUT2D eigenvalue weighted by Gasteiger charge is 2.37. The normalized spacial score (nSPS) is 14.2. The van der Waals surface area contributed by atoms with E-state index in [2.05, 4.69) is 9.97 Å². The van der Waals surface area contributed by atoms with Crippen LogP contribution >= 0.6 is 0 Å². The molecule has 1 aromatic heterocycles. The van der Waals surface area contributed by atoms with Gasteiger partial charge in [-0.2, -0.15) is 0 Å². The summed E-state index contributed by atoms with van der Waals surface area (Å²) in [6.07, 6.45) is 1.07. The molecule has 0 bridgehead atoms. The SMILES string of the molecule is CCN1C(=O)c2cnc(C(=O)O)nc2C1=O. The number of nitrogens with zero attached hydrogens (tertiary/aromatic N) is 3. The maximum absolute atomic E-state index is 11.6. The van der Waals surface area contributed by atoms with Crippen LogP contribution in [0.5, 0.6) is 0 Å². The predicted molar refractivity (Wildman–Crippen MR) is 50.0 cm³/mol. The van der Waals surface area contributed by atoms with Gasteiger partial charge in [0.05, 0.1) is 5.56 Å². The second-order valence-electron chi connectivity index (χ2n) is 3.12. The number of rotatable bonds is 2. The molecule has 16 heavy (non-hydrogen) atoms. The minimum atomic E-state index is -1.34. The average Bonchev–Trinajstić information content (AvgIpc) is 2.51. The molecule has 0 spiro atoms. The zero-order valence-corrected chi connectivity index (χ0v) is 8.30. The number of aromatic carboxylic acids is 1. The van der Waals surface area contributed by atoms with Gasteiger partial charge < -0.3 is 5.11 Å². The molecular formula is C9H7N3O4. The third kappa shape index (κ3) is 1.25. The Morgan fingerprint density at radius 1 is 1.44 bits per heavy atom. The molecule has 1 N–H and O–H groups in total. The van der Waals surface area contributed by atoms with E-state index in [0.29, 0.717) is 0 Å². The van der Waals surface area contributed by atoms with Gasteiger partial charge in [-0.05, 0) is 6.92 Å². The van der Waals surface area contributed by atoms with E-state index >= 15 is 0 Å². The predicted octanol–water partition coefficient (Wildman–Crippen LogP) is -0.209. The van der Waals surface area contributed by atoms with Crippen molar-refractivity contribution in [3.63, 3.8) is 0 Å². The van der Waals surface area contributed by atoms with E-state index < -0.39 is 23.6 Å². The quantitative estimate of drug-likeness (QED) is 0.693. The lowest BCUT2D eigenvalue weighted by atomic mass is 10.2. The van der Waals surface area contributed by atoms with Gasteiger partial charge in [-0.25, -0.2) is 14.8 Å². The first-order valence-corrected chi connectivity index (χ1v) is 4.52. The topological polar surface area (TPSA) is 100 Å². The summed E-state index contributed by atoms with van der Waals surface area (Å²) in [6.45, 7) is 1.86. The van der Waals surface area contributed by atoms with Crippen LogP contribution in [-0.4, -0.2) is 44.3 Å². The molecule has 7 heteroatoms. The Labute approximate surface area is 89.7 Å². The standard InChI is InChI=1S/C9H7N3O4/c1-2-12-7(13)4-3-10-6(9(15)16)11-5(4)8(12)14/h3H,2H2,1H3,(H,15,16). The van der Waals surface area contributed by atoms with Gasteiger partial charge >= 0.3 is 5.97 Å². The monoisotopic (exact) mass is 221 g/mol. The van der Waals surface area contributed by atoms with Crippen LogP contribution < -0.4 is 0 Å². The van der Waals surface area contributed by atoms with Gasteiger partial charge in [0.1, 0.15) is 5.69 Å². The lowest BCUT2D eigenvalue weighted by molar-refractivity contribution is 0.0659. The summed E-state index contributed by atoms with van der Waals surface area (Å²) in [4.78, 5) is 41.9. The maximum Gasteiger partial charge on any atom is 0.373 e. The number of fused-ring (bicyclic) bond motifs is 1. The summed E-state index contributed by atoms with van der Waals surface area (Å²) < 4.78 is 0. The smallest absolute Gasteiger partial charge is 0.373 e. The van der Waals surface area contributed by atoms with Crippen LogP contribution in [0.2, 0.25) is 0 Å². The van der Waals surface area contributed by atoms with Crippen LogP contribution in [0.15, 0.2) is 6.20 Å². The fourth-order valence-corrected chi connectivity index (χ4v) is 1.46. The van der Waals surface area contributed by atoms with Crippen LogP contribution in [0.25, 0.3) is 0 Å². The Kier molecular flexibility index (Phi) is 2.15. The van der Waals surface area contributed by atoms with E-state index in [9.17, 15) is 14.4 Å². The van der Waals surface area contributed by atoms with Crippen LogP contribution in [0.1, 0.15) is 38.4 Å². The van der Waals surface area contributed by atoms with Crippen molar-refractivity contribution in [1.29, 1.82) is 0 Å². The number of carboxylic acids is 1. The van der Waals surface area contributed by atoms with E-state index in [1.54, 1.807) is 6.92 Å². The van der Waals surface area contributed by atoms with Crippen LogP contribution in [-0.2, 0) is 0 Å². The van der Waals surface area contributed by atoms with E-state index in [4.69, 9.17) is 5.11 Å². The van der Waals surface area contributed by atoms with Crippen molar-refractivity contribution >= 4 is 17.8 Å². The lowest BCUT2D eigenvalue weighted by Gasteiger charge is -2.08. The van der Waals surface area contributed by atoms with E-state index in [1.165, 1.54) is 0 Å². The molecular weight excluding hydrogens is 214 g/mol.